The zero-order valence-corrected chi connectivity index (χ0v) is 11.9. The first-order chi connectivity index (χ1) is 8.86. The van der Waals surface area contributed by atoms with E-state index >= 15 is 0 Å². The maximum absolute atomic E-state index is 6.09. The highest BCUT2D eigenvalue weighted by Gasteiger charge is 2.29. The molecule has 0 aliphatic carbocycles. The van der Waals surface area contributed by atoms with E-state index in [1.165, 1.54) is 0 Å². The number of ether oxygens (including phenoxy) is 1. The zero-order chi connectivity index (χ0) is 14.2. The molecular weight excluding hydrogens is 246 g/mol. The van der Waals surface area contributed by atoms with Crippen LogP contribution in [0.25, 0.3) is 11.5 Å². The van der Waals surface area contributed by atoms with Crippen LogP contribution in [0.15, 0.2) is 8.94 Å². The predicted molar refractivity (Wildman–Crippen MR) is 69.6 cm³/mol. The van der Waals surface area contributed by atoms with E-state index in [0.717, 1.165) is 22.6 Å². The molecule has 6 nitrogen and oxygen atoms in total. The van der Waals surface area contributed by atoms with Crippen LogP contribution >= 0.6 is 0 Å². The molecule has 0 aliphatic rings. The van der Waals surface area contributed by atoms with Gasteiger partial charge in [0.2, 0.25) is 0 Å². The van der Waals surface area contributed by atoms with E-state index in [-0.39, 0.29) is 0 Å². The van der Waals surface area contributed by atoms with Crippen LogP contribution < -0.4 is 5.73 Å². The topological polar surface area (TPSA) is 87.3 Å². The number of methoxy groups -OCH3 is 1. The third kappa shape index (κ3) is 2.41. The Hall–Kier alpha value is -1.66. The first-order valence-corrected chi connectivity index (χ1v) is 6.05. The van der Waals surface area contributed by atoms with E-state index in [0.29, 0.717) is 18.3 Å². The van der Waals surface area contributed by atoms with Gasteiger partial charge < -0.3 is 19.4 Å². The summed E-state index contributed by atoms with van der Waals surface area (Å²) in [6, 6.07) is 0. The van der Waals surface area contributed by atoms with Crippen molar-refractivity contribution in [1.82, 2.24) is 10.1 Å². The van der Waals surface area contributed by atoms with Gasteiger partial charge in [0.05, 0.1) is 12.2 Å². The Labute approximate surface area is 111 Å². The summed E-state index contributed by atoms with van der Waals surface area (Å²) in [6.45, 7) is 7.85. The molecule has 0 spiro atoms. The Bertz CT molecular complexity index is 584. The van der Waals surface area contributed by atoms with Gasteiger partial charge in [-0.3, -0.25) is 0 Å². The van der Waals surface area contributed by atoms with Crippen LogP contribution in [0.1, 0.15) is 29.8 Å². The van der Waals surface area contributed by atoms with Gasteiger partial charge in [-0.15, -0.1) is 0 Å². The average molecular weight is 265 g/mol. The first-order valence-electron chi connectivity index (χ1n) is 6.05. The summed E-state index contributed by atoms with van der Waals surface area (Å²) in [5.74, 6) is 2.45. The second-order valence-electron chi connectivity index (χ2n) is 4.99. The van der Waals surface area contributed by atoms with Gasteiger partial charge in [0.15, 0.2) is 5.82 Å². The first kappa shape index (κ1) is 13.8. The molecule has 0 saturated heterocycles. The molecule has 2 aromatic rings. The molecule has 0 saturated carbocycles. The SMILES string of the molecule is COCC(C)(N)c1noc(-c2c(C)oc(C)c2C)n1. The summed E-state index contributed by atoms with van der Waals surface area (Å²) in [4.78, 5) is 4.36. The minimum Gasteiger partial charge on any atom is -0.466 e. The zero-order valence-electron chi connectivity index (χ0n) is 11.9. The maximum atomic E-state index is 6.09. The minimum absolute atomic E-state index is 0.314. The van der Waals surface area contributed by atoms with Crippen LogP contribution in [0, 0.1) is 20.8 Å². The van der Waals surface area contributed by atoms with Crippen molar-refractivity contribution in [3.8, 4) is 11.5 Å². The molecule has 0 fully saturated rings. The number of rotatable bonds is 4. The average Bonchev–Trinajstić information content (AvgIpc) is 2.86. The standard InChI is InChI=1S/C13H19N3O3/c1-7-8(2)18-9(3)10(7)11-15-12(16-19-11)13(4,14)6-17-5/h6,14H2,1-5H3. The van der Waals surface area contributed by atoms with Crippen LogP contribution in [0.3, 0.4) is 0 Å². The maximum Gasteiger partial charge on any atom is 0.261 e. The number of furan rings is 1. The predicted octanol–water partition coefficient (Wildman–Crippen LogP) is 2.08. The molecule has 0 bridgehead atoms. The summed E-state index contributed by atoms with van der Waals surface area (Å²) in [7, 11) is 1.58. The van der Waals surface area contributed by atoms with E-state index < -0.39 is 5.54 Å². The summed E-state index contributed by atoms with van der Waals surface area (Å²) in [5.41, 5.74) is 7.14. The molecule has 104 valence electrons. The van der Waals surface area contributed by atoms with E-state index in [9.17, 15) is 0 Å². The Morgan fingerprint density at radius 3 is 2.47 bits per heavy atom. The number of nitrogens with zero attached hydrogens (tertiary/aromatic N) is 2. The Morgan fingerprint density at radius 1 is 1.26 bits per heavy atom. The number of nitrogens with two attached hydrogens (primary N) is 1. The molecule has 19 heavy (non-hydrogen) atoms. The van der Waals surface area contributed by atoms with Crippen molar-refractivity contribution < 1.29 is 13.7 Å². The molecule has 1 atom stereocenters. The second-order valence-corrected chi connectivity index (χ2v) is 4.99. The normalized spacial score (nSPS) is 14.6. The van der Waals surface area contributed by atoms with E-state index in [1.54, 1.807) is 14.0 Å². The quantitative estimate of drug-likeness (QED) is 0.910. The van der Waals surface area contributed by atoms with Gasteiger partial charge in [-0.2, -0.15) is 4.98 Å². The van der Waals surface area contributed by atoms with Crippen LogP contribution in [-0.4, -0.2) is 23.9 Å². The van der Waals surface area contributed by atoms with E-state index in [4.69, 9.17) is 19.4 Å². The van der Waals surface area contributed by atoms with Gasteiger partial charge in [0, 0.05) is 12.7 Å². The Kier molecular flexibility index (Phi) is 3.47. The molecular formula is C13H19N3O3. The molecule has 2 heterocycles. The van der Waals surface area contributed by atoms with Gasteiger partial charge in [-0.25, -0.2) is 0 Å². The lowest BCUT2D eigenvalue weighted by Crippen LogP contribution is -2.38. The summed E-state index contributed by atoms with van der Waals surface area (Å²) < 4.78 is 15.9. The highest BCUT2D eigenvalue weighted by molar-refractivity contribution is 5.61. The molecule has 0 amide bonds. The smallest absolute Gasteiger partial charge is 0.261 e. The molecule has 0 aromatic carbocycles. The molecule has 2 aromatic heterocycles. The summed E-state index contributed by atoms with van der Waals surface area (Å²) in [6.07, 6.45) is 0. The van der Waals surface area contributed by atoms with Crippen LogP contribution in [-0.2, 0) is 10.3 Å². The number of aryl methyl sites for hydroxylation is 2. The molecule has 2 N–H and O–H groups in total. The van der Waals surface area contributed by atoms with Crippen molar-refractivity contribution >= 4 is 0 Å². The van der Waals surface area contributed by atoms with Crippen molar-refractivity contribution in [3.63, 3.8) is 0 Å². The fourth-order valence-corrected chi connectivity index (χ4v) is 2.03. The van der Waals surface area contributed by atoms with Crippen LogP contribution in [0.5, 0.6) is 0 Å². The summed E-state index contributed by atoms with van der Waals surface area (Å²) in [5, 5.41) is 3.94. The summed E-state index contributed by atoms with van der Waals surface area (Å²) >= 11 is 0. The van der Waals surface area contributed by atoms with Crippen molar-refractivity contribution in [2.45, 2.75) is 33.2 Å². The number of hydrogen-bond acceptors (Lipinski definition) is 6. The monoisotopic (exact) mass is 265 g/mol. The van der Waals surface area contributed by atoms with Crippen molar-refractivity contribution in [1.29, 1.82) is 0 Å². The van der Waals surface area contributed by atoms with Crippen molar-refractivity contribution in [2.75, 3.05) is 13.7 Å². The lowest BCUT2D eigenvalue weighted by atomic mass is 10.1. The lowest BCUT2D eigenvalue weighted by Gasteiger charge is -2.18. The van der Waals surface area contributed by atoms with E-state index in [1.807, 2.05) is 20.8 Å². The Balaban J connectivity index is 2.41. The molecule has 6 heteroatoms. The fourth-order valence-electron chi connectivity index (χ4n) is 2.03. The third-order valence-electron chi connectivity index (χ3n) is 3.16. The highest BCUT2D eigenvalue weighted by Crippen LogP contribution is 2.31. The molecule has 2 rings (SSSR count). The number of aromatic nitrogens is 2. The lowest BCUT2D eigenvalue weighted by molar-refractivity contribution is 0.135. The third-order valence-corrected chi connectivity index (χ3v) is 3.16. The van der Waals surface area contributed by atoms with Gasteiger partial charge in [-0.05, 0) is 27.7 Å². The minimum atomic E-state index is -0.781. The van der Waals surface area contributed by atoms with Gasteiger partial charge in [0.25, 0.3) is 5.89 Å². The Morgan fingerprint density at radius 2 is 1.95 bits per heavy atom. The van der Waals surface area contributed by atoms with Gasteiger partial charge >= 0.3 is 0 Å². The van der Waals surface area contributed by atoms with Crippen molar-refractivity contribution in [2.24, 2.45) is 5.73 Å². The van der Waals surface area contributed by atoms with Crippen LogP contribution in [0.4, 0.5) is 0 Å². The number of hydrogen-bond donors (Lipinski definition) is 1. The molecule has 1 unspecified atom stereocenters. The molecule has 0 aliphatic heterocycles. The van der Waals surface area contributed by atoms with E-state index in [2.05, 4.69) is 10.1 Å². The van der Waals surface area contributed by atoms with Crippen LogP contribution in [0.2, 0.25) is 0 Å². The fraction of sp³-hybridized carbons (Fsp3) is 0.538. The van der Waals surface area contributed by atoms with Gasteiger partial charge in [0.1, 0.15) is 17.1 Å². The highest BCUT2D eigenvalue weighted by atomic mass is 16.5. The van der Waals surface area contributed by atoms with Crippen molar-refractivity contribution in [3.05, 3.63) is 22.9 Å². The van der Waals surface area contributed by atoms with Gasteiger partial charge in [-0.1, -0.05) is 5.16 Å². The molecule has 0 radical (unpaired) electrons. The second kappa shape index (κ2) is 4.79. The largest absolute Gasteiger partial charge is 0.466 e.